The highest BCUT2D eigenvalue weighted by Crippen LogP contribution is 2.24. The maximum Gasteiger partial charge on any atom is 0.131 e. The summed E-state index contributed by atoms with van der Waals surface area (Å²) >= 11 is 0. The van der Waals surface area contributed by atoms with Gasteiger partial charge >= 0.3 is 0 Å². The Balaban J connectivity index is 3.22. The number of halogens is 2. The van der Waals surface area contributed by atoms with Crippen molar-refractivity contribution in [3.05, 3.63) is 47.5 Å². The molecule has 0 heterocycles. The van der Waals surface area contributed by atoms with Crippen LogP contribution >= 0.6 is 0 Å². The number of hydrogen-bond donors (Lipinski definition) is 1. The molecule has 3 heteroatoms. The van der Waals surface area contributed by atoms with Crippen LogP contribution in [-0.2, 0) is 0 Å². The first kappa shape index (κ1) is 10.9. The Bertz CT molecular complexity index is 327. The molecule has 1 atom stereocenters. The quantitative estimate of drug-likeness (QED) is 0.735. The van der Waals surface area contributed by atoms with E-state index in [2.05, 4.69) is 11.9 Å². The molecular formula is C11H13F2N. The highest BCUT2D eigenvalue weighted by atomic mass is 19.1. The summed E-state index contributed by atoms with van der Waals surface area (Å²) in [5.41, 5.74) is 0.707. The summed E-state index contributed by atoms with van der Waals surface area (Å²) in [5.74, 6) is -1.10. The number of rotatable bonds is 3. The van der Waals surface area contributed by atoms with Crippen LogP contribution in [0.1, 0.15) is 18.5 Å². The van der Waals surface area contributed by atoms with Crippen molar-refractivity contribution in [2.75, 3.05) is 7.05 Å². The summed E-state index contributed by atoms with van der Waals surface area (Å²) in [6, 6.07) is 3.35. The minimum absolute atomic E-state index is 0.0301. The number of hydrogen-bond acceptors (Lipinski definition) is 1. The second kappa shape index (κ2) is 4.33. The van der Waals surface area contributed by atoms with Gasteiger partial charge in [-0.3, -0.25) is 0 Å². The zero-order chi connectivity index (χ0) is 10.7. The van der Waals surface area contributed by atoms with Crippen molar-refractivity contribution in [2.24, 2.45) is 0 Å². The SMILES string of the molecule is C=C(C)C(NC)c1c(F)cccc1F. The van der Waals surface area contributed by atoms with Gasteiger partial charge in [-0.1, -0.05) is 18.2 Å². The molecule has 0 fully saturated rings. The predicted octanol–water partition coefficient (Wildman–Crippen LogP) is 2.80. The van der Waals surface area contributed by atoms with Gasteiger partial charge < -0.3 is 5.32 Å². The summed E-state index contributed by atoms with van der Waals surface area (Å²) in [4.78, 5) is 0. The summed E-state index contributed by atoms with van der Waals surface area (Å²) in [7, 11) is 1.64. The van der Waals surface area contributed by atoms with Crippen LogP contribution in [0.4, 0.5) is 8.78 Å². The van der Waals surface area contributed by atoms with Gasteiger partial charge in [-0.2, -0.15) is 0 Å². The van der Waals surface area contributed by atoms with Crippen LogP contribution in [0.3, 0.4) is 0 Å². The lowest BCUT2D eigenvalue weighted by Crippen LogP contribution is -2.19. The standard InChI is InChI=1S/C11H13F2N/c1-7(2)11(14-3)10-8(12)5-4-6-9(10)13/h4-6,11,14H,1H2,2-3H3. The van der Waals surface area contributed by atoms with Crippen LogP contribution in [0, 0.1) is 11.6 Å². The molecule has 14 heavy (non-hydrogen) atoms. The third kappa shape index (κ3) is 1.99. The summed E-state index contributed by atoms with van der Waals surface area (Å²) in [6.07, 6.45) is 0. The normalized spacial score (nSPS) is 12.6. The van der Waals surface area contributed by atoms with Crippen LogP contribution in [0.25, 0.3) is 0 Å². The third-order valence-corrected chi connectivity index (χ3v) is 2.07. The van der Waals surface area contributed by atoms with Crippen LogP contribution in [-0.4, -0.2) is 7.05 Å². The maximum absolute atomic E-state index is 13.3. The van der Waals surface area contributed by atoms with E-state index in [0.717, 1.165) is 0 Å². The van der Waals surface area contributed by atoms with E-state index in [0.29, 0.717) is 5.57 Å². The van der Waals surface area contributed by atoms with E-state index in [1.54, 1.807) is 14.0 Å². The fourth-order valence-corrected chi connectivity index (χ4v) is 1.42. The van der Waals surface area contributed by atoms with Crippen LogP contribution < -0.4 is 5.32 Å². The Morgan fingerprint density at radius 2 is 1.86 bits per heavy atom. The Morgan fingerprint density at radius 1 is 1.36 bits per heavy atom. The smallest absolute Gasteiger partial charge is 0.131 e. The molecule has 0 saturated heterocycles. The predicted molar refractivity (Wildman–Crippen MR) is 53.0 cm³/mol. The molecular weight excluding hydrogens is 184 g/mol. The molecule has 0 amide bonds. The monoisotopic (exact) mass is 197 g/mol. The van der Waals surface area contributed by atoms with Gasteiger partial charge in [-0.25, -0.2) is 8.78 Å². The Hall–Kier alpha value is -1.22. The lowest BCUT2D eigenvalue weighted by Gasteiger charge is -2.17. The molecule has 1 aromatic carbocycles. The zero-order valence-electron chi connectivity index (χ0n) is 8.27. The van der Waals surface area contributed by atoms with Gasteiger partial charge in [0, 0.05) is 5.56 Å². The molecule has 1 rings (SSSR count). The largest absolute Gasteiger partial charge is 0.309 e. The van der Waals surface area contributed by atoms with E-state index in [1.165, 1.54) is 18.2 Å². The average molecular weight is 197 g/mol. The second-order valence-corrected chi connectivity index (χ2v) is 3.20. The molecule has 0 radical (unpaired) electrons. The molecule has 0 aliphatic heterocycles. The van der Waals surface area contributed by atoms with Gasteiger partial charge in [-0.15, -0.1) is 0 Å². The molecule has 76 valence electrons. The topological polar surface area (TPSA) is 12.0 Å². The Morgan fingerprint density at radius 3 is 2.21 bits per heavy atom. The molecule has 1 unspecified atom stereocenters. The van der Waals surface area contributed by atoms with E-state index in [1.807, 2.05) is 0 Å². The number of nitrogens with one attached hydrogen (secondary N) is 1. The fraction of sp³-hybridized carbons (Fsp3) is 0.273. The molecule has 0 saturated carbocycles. The highest BCUT2D eigenvalue weighted by molar-refractivity contribution is 5.29. The van der Waals surface area contributed by atoms with Crippen molar-refractivity contribution in [1.82, 2.24) is 5.32 Å². The molecule has 0 spiro atoms. The fourth-order valence-electron chi connectivity index (χ4n) is 1.42. The van der Waals surface area contributed by atoms with Gasteiger partial charge in [0.05, 0.1) is 6.04 Å². The van der Waals surface area contributed by atoms with E-state index in [-0.39, 0.29) is 5.56 Å². The highest BCUT2D eigenvalue weighted by Gasteiger charge is 2.18. The van der Waals surface area contributed by atoms with E-state index in [4.69, 9.17) is 0 Å². The Labute approximate surface area is 82.4 Å². The average Bonchev–Trinajstić information content (AvgIpc) is 2.10. The van der Waals surface area contributed by atoms with Crippen molar-refractivity contribution in [1.29, 1.82) is 0 Å². The van der Waals surface area contributed by atoms with Crippen molar-refractivity contribution in [3.63, 3.8) is 0 Å². The van der Waals surface area contributed by atoms with Gasteiger partial charge in [0.15, 0.2) is 0 Å². The van der Waals surface area contributed by atoms with Gasteiger partial charge in [0.25, 0.3) is 0 Å². The third-order valence-electron chi connectivity index (χ3n) is 2.07. The zero-order valence-corrected chi connectivity index (χ0v) is 8.27. The first-order valence-electron chi connectivity index (χ1n) is 4.34. The summed E-state index contributed by atoms with van der Waals surface area (Å²) in [5, 5.41) is 2.82. The maximum atomic E-state index is 13.3. The van der Waals surface area contributed by atoms with E-state index < -0.39 is 17.7 Å². The van der Waals surface area contributed by atoms with Crippen LogP contribution in [0.5, 0.6) is 0 Å². The molecule has 0 aliphatic rings. The lowest BCUT2D eigenvalue weighted by atomic mass is 10.00. The van der Waals surface area contributed by atoms with Gasteiger partial charge in [0.2, 0.25) is 0 Å². The van der Waals surface area contributed by atoms with Gasteiger partial charge in [-0.05, 0) is 26.1 Å². The molecule has 1 nitrogen and oxygen atoms in total. The number of benzene rings is 1. The van der Waals surface area contributed by atoms with Gasteiger partial charge in [0.1, 0.15) is 11.6 Å². The molecule has 1 aromatic rings. The van der Waals surface area contributed by atoms with E-state index >= 15 is 0 Å². The molecule has 0 aromatic heterocycles. The number of likely N-dealkylation sites (N-methyl/N-ethyl adjacent to an activating group) is 1. The van der Waals surface area contributed by atoms with Crippen LogP contribution in [0.2, 0.25) is 0 Å². The van der Waals surface area contributed by atoms with Crippen molar-refractivity contribution >= 4 is 0 Å². The Kier molecular flexibility index (Phi) is 3.36. The van der Waals surface area contributed by atoms with Crippen molar-refractivity contribution in [2.45, 2.75) is 13.0 Å². The van der Waals surface area contributed by atoms with Crippen molar-refractivity contribution in [3.8, 4) is 0 Å². The lowest BCUT2D eigenvalue weighted by molar-refractivity contribution is 0.519. The second-order valence-electron chi connectivity index (χ2n) is 3.20. The van der Waals surface area contributed by atoms with Crippen molar-refractivity contribution < 1.29 is 8.78 Å². The first-order valence-corrected chi connectivity index (χ1v) is 4.34. The minimum Gasteiger partial charge on any atom is -0.309 e. The summed E-state index contributed by atoms with van der Waals surface area (Å²) in [6.45, 7) is 5.42. The van der Waals surface area contributed by atoms with Crippen LogP contribution in [0.15, 0.2) is 30.4 Å². The summed E-state index contributed by atoms with van der Waals surface area (Å²) < 4.78 is 26.7. The molecule has 0 aliphatic carbocycles. The first-order chi connectivity index (χ1) is 6.57. The minimum atomic E-state index is -0.549. The molecule has 0 bridgehead atoms. The van der Waals surface area contributed by atoms with E-state index in [9.17, 15) is 8.78 Å². The molecule has 1 N–H and O–H groups in total.